The Kier molecular flexibility index (Phi) is 6.01. The smallest absolute Gasteiger partial charge is 0.224 e. The Hall–Kier alpha value is -1.81. The highest BCUT2D eigenvalue weighted by Crippen LogP contribution is 2.12. The standard InChI is InChI=1S/C18H21BrN2O/c1-13(2-3-14-4-8-16(19)9-5-14)21-18(22)12-15-6-10-17(20)11-7-15/h4-11,13H,2-3,12,20H2,1H3,(H,21,22). The largest absolute Gasteiger partial charge is 0.399 e. The van der Waals surface area contributed by atoms with Crippen molar-refractivity contribution in [2.45, 2.75) is 32.2 Å². The van der Waals surface area contributed by atoms with Crippen molar-refractivity contribution in [1.82, 2.24) is 5.32 Å². The van der Waals surface area contributed by atoms with E-state index in [0.717, 1.165) is 22.9 Å². The number of nitrogens with one attached hydrogen (secondary N) is 1. The van der Waals surface area contributed by atoms with Gasteiger partial charge in [-0.2, -0.15) is 0 Å². The van der Waals surface area contributed by atoms with Crippen molar-refractivity contribution in [1.29, 1.82) is 0 Å². The van der Waals surface area contributed by atoms with Crippen LogP contribution in [0.5, 0.6) is 0 Å². The summed E-state index contributed by atoms with van der Waals surface area (Å²) >= 11 is 3.43. The minimum Gasteiger partial charge on any atom is -0.399 e. The molecule has 0 heterocycles. The molecule has 0 aliphatic rings. The van der Waals surface area contributed by atoms with Crippen molar-refractivity contribution in [3.05, 3.63) is 64.1 Å². The quantitative estimate of drug-likeness (QED) is 0.771. The summed E-state index contributed by atoms with van der Waals surface area (Å²) in [4.78, 5) is 12.0. The summed E-state index contributed by atoms with van der Waals surface area (Å²) in [6.45, 7) is 2.04. The Bertz CT molecular complexity index is 608. The number of hydrogen-bond acceptors (Lipinski definition) is 2. The summed E-state index contributed by atoms with van der Waals surface area (Å²) in [6.07, 6.45) is 2.27. The second kappa shape index (κ2) is 7.99. The lowest BCUT2D eigenvalue weighted by atomic mass is 10.1. The molecule has 0 spiro atoms. The summed E-state index contributed by atoms with van der Waals surface area (Å²) in [5, 5.41) is 3.05. The maximum absolute atomic E-state index is 12.0. The first-order chi connectivity index (χ1) is 10.5. The van der Waals surface area contributed by atoms with E-state index in [4.69, 9.17) is 5.73 Å². The molecule has 1 amide bonds. The van der Waals surface area contributed by atoms with Crippen molar-refractivity contribution >= 4 is 27.5 Å². The number of rotatable bonds is 6. The van der Waals surface area contributed by atoms with E-state index in [9.17, 15) is 4.79 Å². The van der Waals surface area contributed by atoms with Crippen molar-refractivity contribution < 1.29 is 4.79 Å². The molecule has 0 saturated carbocycles. The molecule has 0 bridgehead atoms. The molecule has 2 rings (SSSR count). The number of anilines is 1. The van der Waals surface area contributed by atoms with Crippen LogP contribution in [0.1, 0.15) is 24.5 Å². The minimum atomic E-state index is 0.0491. The third-order valence-electron chi connectivity index (χ3n) is 3.53. The van der Waals surface area contributed by atoms with Gasteiger partial charge in [-0.3, -0.25) is 4.79 Å². The van der Waals surface area contributed by atoms with Crippen LogP contribution >= 0.6 is 15.9 Å². The predicted molar refractivity (Wildman–Crippen MR) is 94.6 cm³/mol. The van der Waals surface area contributed by atoms with E-state index in [1.165, 1.54) is 5.56 Å². The van der Waals surface area contributed by atoms with Gasteiger partial charge in [-0.15, -0.1) is 0 Å². The monoisotopic (exact) mass is 360 g/mol. The topological polar surface area (TPSA) is 55.1 Å². The highest BCUT2D eigenvalue weighted by molar-refractivity contribution is 9.10. The van der Waals surface area contributed by atoms with E-state index in [2.05, 4.69) is 33.4 Å². The molecule has 1 unspecified atom stereocenters. The number of halogens is 1. The van der Waals surface area contributed by atoms with Crippen molar-refractivity contribution in [3.63, 3.8) is 0 Å². The van der Waals surface area contributed by atoms with E-state index in [1.807, 2.05) is 43.3 Å². The third kappa shape index (κ3) is 5.53. The fourth-order valence-corrected chi connectivity index (χ4v) is 2.52. The third-order valence-corrected chi connectivity index (χ3v) is 4.06. The van der Waals surface area contributed by atoms with Crippen molar-refractivity contribution in [3.8, 4) is 0 Å². The van der Waals surface area contributed by atoms with E-state index in [1.54, 1.807) is 0 Å². The summed E-state index contributed by atoms with van der Waals surface area (Å²) in [7, 11) is 0. The van der Waals surface area contributed by atoms with Crippen LogP contribution in [0.25, 0.3) is 0 Å². The molecule has 0 radical (unpaired) electrons. The van der Waals surface area contributed by atoms with Gasteiger partial charge in [0.2, 0.25) is 5.91 Å². The van der Waals surface area contributed by atoms with Crippen LogP contribution in [-0.2, 0) is 17.6 Å². The van der Waals surface area contributed by atoms with E-state index in [-0.39, 0.29) is 11.9 Å². The number of nitrogen functional groups attached to an aromatic ring is 1. The molecule has 116 valence electrons. The van der Waals surface area contributed by atoms with Crippen LogP contribution < -0.4 is 11.1 Å². The first-order valence-electron chi connectivity index (χ1n) is 7.41. The van der Waals surface area contributed by atoms with Crippen LogP contribution in [0.4, 0.5) is 5.69 Å². The number of carbonyl (C=O) groups excluding carboxylic acids is 1. The van der Waals surface area contributed by atoms with E-state index >= 15 is 0 Å². The maximum atomic E-state index is 12.0. The van der Waals surface area contributed by atoms with Gasteiger partial charge in [-0.05, 0) is 55.2 Å². The van der Waals surface area contributed by atoms with Gasteiger partial charge in [0, 0.05) is 16.2 Å². The average Bonchev–Trinajstić information content (AvgIpc) is 2.49. The molecular formula is C18H21BrN2O. The first kappa shape index (κ1) is 16.6. The van der Waals surface area contributed by atoms with Gasteiger partial charge in [-0.1, -0.05) is 40.2 Å². The van der Waals surface area contributed by atoms with Crippen LogP contribution in [0.3, 0.4) is 0 Å². The highest BCUT2D eigenvalue weighted by Gasteiger charge is 2.08. The second-order valence-electron chi connectivity index (χ2n) is 5.55. The van der Waals surface area contributed by atoms with Gasteiger partial charge < -0.3 is 11.1 Å². The number of hydrogen-bond donors (Lipinski definition) is 2. The lowest BCUT2D eigenvalue weighted by molar-refractivity contribution is -0.121. The Morgan fingerprint density at radius 2 is 1.68 bits per heavy atom. The molecular weight excluding hydrogens is 340 g/mol. The van der Waals surface area contributed by atoms with Crippen LogP contribution in [-0.4, -0.2) is 11.9 Å². The van der Waals surface area contributed by atoms with Crippen molar-refractivity contribution in [2.75, 3.05) is 5.73 Å². The minimum absolute atomic E-state index is 0.0491. The van der Waals surface area contributed by atoms with Gasteiger partial charge in [0.15, 0.2) is 0 Å². The lowest BCUT2D eigenvalue weighted by Crippen LogP contribution is -2.34. The zero-order valence-electron chi connectivity index (χ0n) is 12.7. The number of carbonyl (C=O) groups is 1. The molecule has 2 aromatic carbocycles. The van der Waals surface area contributed by atoms with Gasteiger partial charge in [0.05, 0.1) is 6.42 Å². The Balaban J connectivity index is 1.76. The molecule has 3 N–H and O–H groups in total. The summed E-state index contributed by atoms with van der Waals surface area (Å²) in [5.74, 6) is 0.0491. The zero-order chi connectivity index (χ0) is 15.9. The molecule has 4 heteroatoms. The Labute approximate surface area is 140 Å². The molecule has 2 aromatic rings. The summed E-state index contributed by atoms with van der Waals surface area (Å²) in [6, 6.07) is 15.9. The Morgan fingerprint density at radius 3 is 2.32 bits per heavy atom. The van der Waals surface area contributed by atoms with Crippen LogP contribution in [0, 0.1) is 0 Å². The van der Waals surface area contributed by atoms with Gasteiger partial charge in [0.25, 0.3) is 0 Å². The molecule has 0 fully saturated rings. The zero-order valence-corrected chi connectivity index (χ0v) is 14.3. The number of amides is 1. The summed E-state index contributed by atoms with van der Waals surface area (Å²) < 4.78 is 1.08. The maximum Gasteiger partial charge on any atom is 0.224 e. The second-order valence-corrected chi connectivity index (χ2v) is 6.47. The molecule has 0 aliphatic heterocycles. The average molecular weight is 361 g/mol. The number of aryl methyl sites for hydroxylation is 1. The lowest BCUT2D eigenvalue weighted by Gasteiger charge is -2.14. The fourth-order valence-electron chi connectivity index (χ4n) is 2.25. The van der Waals surface area contributed by atoms with Crippen LogP contribution in [0.15, 0.2) is 53.0 Å². The van der Waals surface area contributed by atoms with Crippen molar-refractivity contribution in [2.24, 2.45) is 0 Å². The molecule has 3 nitrogen and oxygen atoms in total. The first-order valence-corrected chi connectivity index (χ1v) is 8.20. The fraction of sp³-hybridized carbons (Fsp3) is 0.278. The normalized spacial score (nSPS) is 11.9. The van der Waals surface area contributed by atoms with E-state index < -0.39 is 0 Å². The van der Waals surface area contributed by atoms with Gasteiger partial charge >= 0.3 is 0 Å². The molecule has 22 heavy (non-hydrogen) atoms. The molecule has 0 aliphatic carbocycles. The number of nitrogens with two attached hydrogens (primary N) is 1. The highest BCUT2D eigenvalue weighted by atomic mass is 79.9. The SMILES string of the molecule is CC(CCc1ccc(Br)cc1)NC(=O)Cc1ccc(N)cc1. The van der Waals surface area contributed by atoms with Gasteiger partial charge in [0.1, 0.15) is 0 Å². The van der Waals surface area contributed by atoms with Gasteiger partial charge in [-0.25, -0.2) is 0 Å². The molecule has 0 saturated heterocycles. The van der Waals surface area contributed by atoms with E-state index in [0.29, 0.717) is 12.1 Å². The Morgan fingerprint density at radius 1 is 1.09 bits per heavy atom. The number of benzene rings is 2. The van der Waals surface area contributed by atoms with Crippen LogP contribution in [0.2, 0.25) is 0 Å². The molecule has 0 aromatic heterocycles. The summed E-state index contributed by atoms with van der Waals surface area (Å²) in [5.41, 5.74) is 8.61. The predicted octanol–water partition coefficient (Wildman–Crippen LogP) is 3.71. The molecule has 1 atom stereocenters.